The van der Waals surface area contributed by atoms with Gasteiger partial charge in [-0.05, 0) is 78.9 Å². The highest BCUT2D eigenvalue weighted by molar-refractivity contribution is 9.10. The van der Waals surface area contributed by atoms with Gasteiger partial charge in [-0.15, -0.1) is 0 Å². The molecule has 0 aliphatic carbocycles. The van der Waals surface area contributed by atoms with Crippen LogP contribution in [0.1, 0.15) is 44.4 Å². The molecule has 150 valence electrons. The molecule has 0 N–H and O–H groups in total. The number of carbonyl (C=O) groups excluding carboxylic acids is 1. The van der Waals surface area contributed by atoms with Crippen molar-refractivity contribution < 1.29 is 18.7 Å². The fourth-order valence-electron chi connectivity index (χ4n) is 3.39. The van der Waals surface area contributed by atoms with Gasteiger partial charge in [-0.3, -0.25) is 4.90 Å². The van der Waals surface area contributed by atoms with Crippen molar-refractivity contribution in [3.05, 3.63) is 56.8 Å². The molecule has 2 aromatic rings. The Hall–Kier alpha value is -1.79. The molecule has 0 bridgehead atoms. The number of carbonyl (C=O) groups is 1. The number of rotatable bonds is 2. The predicted octanol–water partition coefficient (Wildman–Crippen LogP) is 6.68. The number of amides is 1. The minimum atomic E-state index is -0.672. The maximum atomic E-state index is 13.4. The first-order valence-corrected chi connectivity index (χ1v) is 10.1. The fraction of sp³-hybridized carbons (Fsp3) is 0.381. The molecule has 1 unspecified atom stereocenters. The Morgan fingerprint density at radius 1 is 1.29 bits per heavy atom. The molecular formula is C21H22BrClFNO3. The standard InChI is InChI=1S/C21H22BrClFNO3/c1-21(2,3)28-20(26)25-16(12-5-7-13(24)8-6-12)10-9-14-18(23)15(22)11-17(27-4)19(14)25/h5-8,11,16H,9-10H2,1-4H3. The Morgan fingerprint density at radius 2 is 1.93 bits per heavy atom. The highest BCUT2D eigenvalue weighted by atomic mass is 79.9. The van der Waals surface area contributed by atoms with Gasteiger partial charge in [0.15, 0.2) is 0 Å². The van der Waals surface area contributed by atoms with Crippen LogP contribution in [0.5, 0.6) is 5.75 Å². The lowest BCUT2D eigenvalue weighted by Crippen LogP contribution is -2.42. The third kappa shape index (κ3) is 4.13. The van der Waals surface area contributed by atoms with Gasteiger partial charge in [0.25, 0.3) is 0 Å². The molecule has 2 aromatic carbocycles. The summed E-state index contributed by atoms with van der Waals surface area (Å²) < 4.78 is 25.4. The second kappa shape index (κ2) is 7.91. The number of hydrogen-bond acceptors (Lipinski definition) is 3. The monoisotopic (exact) mass is 469 g/mol. The van der Waals surface area contributed by atoms with Crippen molar-refractivity contribution in [2.24, 2.45) is 0 Å². The summed E-state index contributed by atoms with van der Waals surface area (Å²) in [6, 6.07) is 7.58. The number of fused-ring (bicyclic) bond motifs is 1. The van der Waals surface area contributed by atoms with Crippen LogP contribution in [0.2, 0.25) is 5.02 Å². The first-order chi connectivity index (χ1) is 13.1. The van der Waals surface area contributed by atoms with Crippen molar-refractivity contribution in [3.63, 3.8) is 0 Å². The van der Waals surface area contributed by atoms with Crippen LogP contribution in [0.25, 0.3) is 0 Å². The van der Waals surface area contributed by atoms with Crippen LogP contribution in [-0.2, 0) is 11.2 Å². The predicted molar refractivity (Wildman–Crippen MR) is 112 cm³/mol. The van der Waals surface area contributed by atoms with E-state index < -0.39 is 11.7 Å². The van der Waals surface area contributed by atoms with E-state index in [1.165, 1.54) is 12.1 Å². The third-order valence-corrected chi connectivity index (χ3v) is 5.82. The summed E-state index contributed by atoms with van der Waals surface area (Å²) in [5.41, 5.74) is 1.55. The number of benzene rings is 2. The minimum absolute atomic E-state index is 0.325. The summed E-state index contributed by atoms with van der Waals surface area (Å²) in [5.74, 6) is 0.192. The van der Waals surface area contributed by atoms with Crippen molar-refractivity contribution in [1.82, 2.24) is 0 Å². The maximum Gasteiger partial charge on any atom is 0.415 e. The Morgan fingerprint density at radius 3 is 2.50 bits per heavy atom. The zero-order chi connectivity index (χ0) is 20.6. The summed E-state index contributed by atoms with van der Waals surface area (Å²) in [6.45, 7) is 5.44. The van der Waals surface area contributed by atoms with E-state index in [1.54, 1.807) is 30.2 Å². The van der Waals surface area contributed by atoms with Crippen LogP contribution in [0.15, 0.2) is 34.8 Å². The lowest BCUT2D eigenvalue weighted by Gasteiger charge is -2.39. The van der Waals surface area contributed by atoms with Gasteiger partial charge in [0.1, 0.15) is 17.2 Å². The molecule has 28 heavy (non-hydrogen) atoms. The zero-order valence-electron chi connectivity index (χ0n) is 16.2. The number of nitrogens with zero attached hydrogens (tertiary/aromatic N) is 1. The fourth-order valence-corrected chi connectivity index (χ4v) is 4.07. The highest BCUT2D eigenvalue weighted by Crippen LogP contribution is 2.49. The van der Waals surface area contributed by atoms with E-state index in [1.807, 2.05) is 20.8 Å². The number of ether oxygens (including phenoxy) is 2. The molecule has 0 saturated carbocycles. The van der Waals surface area contributed by atoms with Gasteiger partial charge >= 0.3 is 6.09 Å². The zero-order valence-corrected chi connectivity index (χ0v) is 18.5. The molecular weight excluding hydrogens is 449 g/mol. The van der Waals surface area contributed by atoms with E-state index in [9.17, 15) is 9.18 Å². The maximum absolute atomic E-state index is 13.4. The van der Waals surface area contributed by atoms with Gasteiger partial charge < -0.3 is 9.47 Å². The van der Waals surface area contributed by atoms with Crippen LogP contribution < -0.4 is 9.64 Å². The van der Waals surface area contributed by atoms with E-state index in [2.05, 4.69) is 15.9 Å². The summed E-state index contributed by atoms with van der Waals surface area (Å²) in [4.78, 5) is 14.8. The second-order valence-electron chi connectivity index (χ2n) is 7.66. The molecule has 7 heteroatoms. The largest absolute Gasteiger partial charge is 0.495 e. The molecule has 0 saturated heterocycles. The quantitative estimate of drug-likeness (QED) is 0.491. The third-order valence-electron chi connectivity index (χ3n) is 4.54. The molecule has 1 atom stereocenters. The van der Waals surface area contributed by atoms with E-state index in [0.717, 1.165) is 11.1 Å². The molecule has 1 amide bonds. The van der Waals surface area contributed by atoms with Crippen molar-refractivity contribution in [2.45, 2.75) is 45.3 Å². The molecule has 1 aliphatic rings. The van der Waals surface area contributed by atoms with Crippen LogP contribution in [0, 0.1) is 5.82 Å². The number of methoxy groups -OCH3 is 1. The van der Waals surface area contributed by atoms with Crippen LogP contribution >= 0.6 is 27.5 Å². The van der Waals surface area contributed by atoms with Crippen molar-refractivity contribution in [2.75, 3.05) is 12.0 Å². The Kier molecular flexibility index (Phi) is 5.92. The van der Waals surface area contributed by atoms with Gasteiger partial charge in [-0.25, -0.2) is 9.18 Å². The van der Waals surface area contributed by atoms with E-state index in [4.69, 9.17) is 21.1 Å². The van der Waals surface area contributed by atoms with Gasteiger partial charge in [-0.1, -0.05) is 23.7 Å². The topological polar surface area (TPSA) is 38.8 Å². The van der Waals surface area contributed by atoms with Crippen molar-refractivity contribution >= 4 is 39.3 Å². The summed E-state index contributed by atoms with van der Waals surface area (Å²) >= 11 is 9.98. The van der Waals surface area contributed by atoms with Crippen molar-refractivity contribution in [1.29, 1.82) is 0 Å². The molecule has 0 spiro atoms. The van der Waals surface area contributed by atoms with Crippen LogP contribution in [-0.4, -0.2) is 18.8 Å². The second-order valence-corrected chi connectivity index (χ2v) is 8.89. The molecule has 4 nitrogen and oxygen atoms in total. The van der Waals surface area contributed by atoms with Gasteiger partial charge in [0.05, 0.1) is 23.9 Å². The number of anilines is 1. The lowest BCUT2D eigenvalue weighted by atomic mass is 9.91. The molecule has 0 aromatic heterocycles. The van der Waals surface area contributed by atoms with E-state index in [-0.39, 0.29) is 11.9 Å². The first kappa shape index (κ1) is 20.9. The summed E-state index contributed by atoms with van der Waals surface area (Å²) in [5, 5.41) is 0.543. The van der Waals surface area contributed by atoms with Gasteiger partial charge in [-0.2, -0.15) is 0 Å². The Labute approximate surface area is 177 Å². The SMILES string of the molecule is COc1cc(Br)c(Cl)c2c1N(C(=O)OC(C)(C)C)C(c1ccc(F)cc1)CC2. The molecule has 0 radical (unpaired) electrons. The normalized spacial score (nSPS) is 16.5. The molecule has 1 heterocycles. The van der Waals surface area contributed by atoms with Crippen molar-refractivity contribution in [3.8, 4) is 5.75 Å². The highest BCUT2D eigenvalue weighted by Gasteiger charge is 2.38. The molecule has 0 fully saturated rings. The Balaban J connectivity index is 2.18. The van der Waals surface area contributed by atoms with Gasteiger partial charge in [0.2, 0.25) is 0 Å². The average Bonchev–Trinajstić information content (AvgIpc) is 2.63. The van der Waals surface area contributed by atoms with E-state index in [0.29, 0.717) is 33.8 Å². The molecule has 3 rings (SSSR count). The first-order valence-electron chi connectivity index (χ1n) is 8.95. The summed E-state index contributed by atoms with van der Waals surface area (Å²) in [6.07, 6.45) is 0.766. The Bertz CT molecular complexity index is 896. The van der Waals surface area contributed by atoms with E-state index >= 15 is 0 Å². The van der Waals surface area contributed by atoms with Gasteiger partial charge in [0, 0.05) is 4.47 Å². The minimum Gasteiger partial charge on any atom is -0.495 e. The van der Waals surface area contributed by atoms with Crippen LogP contribution in [0.3, 0.4) is 0 Å². The summed E-state index contributed by atoms with van der Waals surface area (Å²) in [7, 11) is 1.55. The van der Waals surface area contributed by atoms with Crippen LogP contribution in [0.4, 0.5) is 14.9 Å². The number of hydrogen-bond donors (Lipinski definition) is 0. The smallest absolute Gasteiger partial charge is 0.415 e. The number of halogens is 3. The lowest BCUT2D eigenvalue weighted by molar-refractivity contribution is 0.0559. The molecule has 1 aliphatic heterocycles. The average molecular weight is 471 g/mol.